The number of hydrogen-bond acceptors (Lipinski definition) is 1. The molecule has 2 aromatic carbocycles. The molecular formula is C16H10BrFN2. The largest absolute Gasteiger partial charge is 0.343 e. The van der Waals surface area contributed by atoms with Gasteiger partial charge in [0.2, 0.25) is 0 Å². The van der Waals surface area contributed by atoms with Gasteiger partial charge in [-0.1, -0.05) is 28.1 Å². The fraction of sp³-hybridized carbons (Fsp3) is 0.0625. The first-order chi connectivity index (χ1) is 9.69. The Morgan fingerprint density at radius 2 is 2.05 bits per heavy atom. The van der Waals surface area contributed by atoms with E-state index in [0.29, 0.717) is 12.1 Å². The average Bonchev–Trinajstić information content (AvgIpc) is 2.83. The first-order valence-corrected chi connectivity index (χ1v) is 6.90. The quantitative estimate of drug-likeness (QED) is 0.682. The van der Waals surface area contributed by atoms with Crippen molar-refractivity contribution in [1.82, 2.24) is 4.57 Å². The van der Waals surface area contributed by atoms with Gasteiger partial charge in [0, 0.05) is 27.1 Å². The van der Waals surface area contributed by atoms with Crippen LogP contribution in [-0.2, 0) is 6.54 Å². The monoisotopic (exact) mass is 328 g/mol. The van der Waals surface area contributed by atoms with Gasteiger partial charge in [0.1, 0.15) is 11.9 Å². The molecule has 3 rings (SSSR count). The highest BCUT2D eigenvalue weighted by molar-refractivity contribution is 9.10. The van der Waals surface area contributed by atoms with Gasteiger partial charge in [0.05, 0.1) is 12.1 Å². The summed E-state index contributed by atoms with van der Waals surface area (Å²) < 4.78 is 17.1. The smallest absolute Gasteiger partial charge is 0.145 e. The summed E-state index contributed by atoms with van der Waals surface area (Å²) >= 11 is 3.43. The molecule has 0 bridgehead atoms. The Bertz CT molecular complexity index is 830. The van der Waals surface area contributed by atoms with Gasteiger partial charge < -0.3 is 4.57 Å². The Labute approximate surface area is 124 Å². The number of halogens is 2. The SMILES string of the molecule is N#Cc1cccc(Cn2ccc3cc(Br)ccc32)c1F. The lowest BCUT2D eigenvalue weighted by Crippen LogP contribution is -2.01. The van der Waals surface area contributed by atoms with Crippen LogP contribution in [0.25, 0.3) is 10.9 Å². The molecule has 0 N–H and O–H groups in total. The standard InChI is InChI=1S/C16H10BrFN2/c17-14-4-5-15-11(8-14)6-7-20(15)10-13-3-1-2-12(9-19)16(13)18/h1-8H,10H2. The number of nitriles is 1. The predicted molar refractivity (Wildman–Crippen MR) is 79.9 cm³/mol. The van der Waals surface area contributed by atoms with Crippen molar-refractivity contribution in [3.8, 4) is 6.07 Å². The zero-order chi connectivity index (χ0) is 14.1. The van der Waals surface area contributed by atoms with Crippen LogP contribution in [0.1, 0.15) is 11.1 Å². The summed E-state index contributed by atoms with van der Waals surface area (Å²) in [4.78, 5) is 0. The van der Waals surface area contributed by atoms with E-state index in [-0.39, 0.29) is 5.56 Å². The lowest BCUT2D eigenvalue weighted by Gasteiger charge is -2.07. The van der Waals surface area contributed by atoms with Crippen molar-refractivity contribution < 1.29 is 4.39 Å². The van der Waals surface area contributed by atoms with Gasteiger partial charge in [-0.2, -0.15) is 5.26 Å². The summed E-state index contributed by atoms with van der Waals surface area (Å²) in [5.74, 6) is -0.436. The zero-order valence-corrected chi connectivity index (χ0v) is 12.1. The Kier molecular flexibility index (Phi) is 3.29. The Morgan fingerprint density at radius 1 is 1.20 bits per heavy atom. The van der Waals surface area contributed by atoms with Crippen molar-refractivity contribution in [2.24, 2.45) is 0 Å². The van der Waals surface area contributed by atoms with Crippen LogP contribution in [0.2, 0.25) is 0 Å². The molecule has 0 spiro atoms. The predicted octanol–water partition coefficient (Wildman–Crippen LogP) is 4.46. The van der Waals surface area contributed by atoms with Crippen LogP contribution in [0.3, 0.4) is 0 Å². The van der Waals surface area contributed by atoms with E-state index in [1.807, 2.05) is 41.1 Å². The molecule has 3 aromatic rings. The number of aromatic nitrogens is 1. The molecule has 20 heavy (non-hydrogen) atoms. The Hall–Kier alpha value is -2.12. The third kappa shape index (κ3) is 2.21. The molecule has 0 saturated carbocycles. The Balaban J connectivity index is 2.04. The second-order valence-corrected chi connectivity index (χ2v) is 5.45. The summed E-state index contributed by atoms with van der Waals surface area (Å²) in [6.45, 7) is 0.409. The molecule has 0 fully saturated rings. The summed E-state index contributed by atoms with van der Waals surface area (Å²) in [5, 5.41) is 9.96. The lowest BCUT2D eigenvalue weighted by atomic mass is 10.1. The summed E-state index contributed by atoms with van der Waals surface area (Å²) in [6, 6.07) is 14.7. The van der Waals surface area contributed by atoms with Crippen LogP contribution in [0.15, 0.2) is 53.1 Å². The maximum absolute atomic E-state index is 14.1. The second kappa shape index (κ2) is 5.10. The third-order valence-electron chi connectivity index (χ3n) is 3.27. The maximum Gasteiger partial charge on any atom is 0.145 e. The van der Waals surface area contributed by atoms with Crippen LogP contribution in [-0.4, -0.2) is 4.57 Å². The van der Waals surface area contributed by atoms with Gasteiger partial charge in [-0.25, -0.2) is 4.39 Å². The van der Waals surface area contributed by atoms with Crippen LogP contribution in [0.4, 0.5) is 4.39 Å². The van der Waals surface area contributed by atoms with Crippen LogP contribution < -0.4 is 0 Å². The van der Waals surface area contributed by atoms with Crippen LogP contribution >= 0.6 is 15.9 Å². The van der Waals surface area contributed by atoms with Crippen LogP contribution in [0.5, 0.6) is 0 Å². The van der Waals surface area contributed by atoms with Crippen LogP contribution in [0, 0.1) is 17.1 Å². The van der Waals surface area contributed by atoms with Crippen molar-refractivity contribution in [2.75, 3.05) is 0 Å². The molecule has 0 amide bonds. The fourth-order valence-electron chi connectivity index (χ4n) is 2.28. The van der Waals surface area contributed by atoms with E-state index in [4.69, 9.17) is 5.26 Å². The first kappa shape index (κ1) is 12.9. The van der Waals surface area contributed by atoms with Gasteiger partial charge in [0.25, 0.3) is 0 Å². The molecule has 0 aliphatic carbocycles. The number of nitrogens with zero attached hydrogens (tertiary/aromatic N) is 2. The van der Waals surface area contributed by atoms with E-state index >= 15 is 0 Å². The minimum absolute atomic E-state index is 0.0849. The molecule has 0 aliphatic heterocycles. The molecule has 0 unspecified atom stereocenters. The lowest BCUT2D eigenvalue weighted by molar-refractivity contribution is 0.598. The second-order valence-electron chi connectivity index (χ2n) is 4.54. The van der Waals surface area contributed by atoms with E-state index < -0.39 is 5.82 Å². The van der Waals surface area contributed by atoms with Crippen molar-refractivity contribution in [2.45, 2.75) is 6.54 Å². The summed E-state index contributed by atoms with van der Waals surface area (Å²) in [6.07, 6.45) is 1.93. The highest BCUT2D eigenvalue weighted by atomic mass is 79.9. The topological polar surface area (TPSA) is 28.7 Å². The number of rotatable bonds is 2. The molecule has 0 radical (unpaired) electrons. The number of benzene rings is 2. The number of hydrogen-bond donors (Lipinski definition) is 0. The van der Waals surface area contributed by atoms with Gasteiger partial charge in [-0.3, -0.25) is 0 Å². The van der Waals surface area contributed by atoms with Crippen molar-refractivity contribution in [3.63, 3.8) is 0 Å². The average molecular weight is 329 g/mol. The highest BCUT2D eigenvalue weighted by Gasteiger charge is 2.09. The van der Waals surface area contributed by atoms with E-state index in [2.05, 4.69) is 15.9 Å². The zero-order valence-electron chi connectivity index (χ0n) is 10.5. The third-order valence-corrected chi connectivity index (χ3v) is 3.77. The normalized spacial score (nSPS) is 10.7. The molecule has 2 nitrogen and oxygen atoms in total. The van der Waals surface area contributed by atoms with Gasteiger partial charge >= 0.3 is 0 Å². The molecule has 1 aromatic heterocycles. The maximum atomic E-state index is 14.1. The highest BCUT2D eigenvalue weighted by Crippen LogP contribution is 2.22. The van der Waals surface area contributed by atoms with E-state index in [1.165, 1.54) is 6.07 Å². The minimum atomic E-state index is -0.436. The van der Waals surface area contributed by atoms with E-state index in [0.717, 1.165) is 15.4 Å². The van der Waals surface area contributed by atoms with Crippen molar-refractivity contribution in [3.05, 3.63) is 70.1 Å². The van der Waals surface area contributed by atoms with E-state index in [9.17, 15) is 4.39 Å². The fourth-order valence-corrected chi connectivity index (χ4v) is 2.66. The number of fused-ring (bicyclic) bond motifs is 1. The summed E-state index contributed by atoms with van der Waals surface area (Å²) in [5.41, 5.74) is 1.64. The van der Waals surface area contributed by atoms with Gasteiger partial charge in [0.15, 0.2) is 0 Å². The summed E-state index contributed by atoms with van der Waals surface area (Å²) in [7, 11) is 0. The molecular weight excluding hydrogens is 319 g/mol. The first-order valence-electron chi connectivity index (χ1n) is 6.11. The van der Waals surface area contributed by atoms with Crippen molar-refractivity contribution in [1.29, 1.82) is 5.26 Å². The molecule has 0 aliphatic rings. The molecule has 1 heterocycles. The van der Waals surface area contributed by atoms with Gasteiger partial charge in [-0.15, -0.1) is 0 Å². The van der Waals surface area contributed by atoms with Crippen molar-refractivity contribution >= 4 is 26.8 Å². The molecule has 0 atom stereocenters. The molecule has 98 valence electrons. The minimum Gasteiger partial charge on any atom is -0.343 e. The van der Waals surface area contributed by atoms with E-state index in [1.54, 1.807) is 12.1 Å². The Morgan fingerprint density at radius 3 is 2.85 bits per heavy atom. The molecule has 0 saturated heterocycles. The molecule has 4 heteroatoms. The van der Waals surface area contributed by atoms with Gasteiger partial charge in [-0.05, 0) is 30.3 Å².